The van der Waals surface area contributed by atoms with E-state index in [2.05, 4.69) is 34.1 Å². The lowest BCUT2D eigenvalue weighted by Crippen LogP contribution is -2.38. The first-order valence-corrected chi connectivity index (χ1v) is 14.1. The van der Waals surface area contributed by atoms with Crippen LogP contribution in [0.4, 0.5) is 11.6 Å². The first-order valence-electron chi connectivity index (χ1n) is 14.1. The van der Waals surface area contributed by atoms with Gasteiger partial charge in [0, 0.05) is 44.5 Å². The van der Waals surface area contributed by atoms with Crippen LogP contribution in [0.3, 0.4) is 0 Å². The Bertz CT molecular complexity index is 732. The van der Waals surface area contributed by atoms with Crippen molar-refractivity contribution in [1.29, 1.82) is 0 Å². The van der Waals surface area contributed by atoms with Gasteiger partial charge in [-0.25, -0.2) is 0 Å². The second-order valence-corrected chi connectivity index (χ2v) is 8.98. The number of aromatic nitrogens is 2. The minimum absolute atomic E-state index is 0.429. The third kappa shape index (κ3) is 9.22. The van der Waals surface area contributed by atoms with Gasteiger partial charge in [0.05, 0.1) is 13.2 Å². The van der Waals surface area contributed by atoms with E-state index in [1.165, 1.54) is 25.0 Å². The molecule has 2 heterocycles. The summed E-state index contributed by atoms with van der Waals surface area (Å²) in [5.41, 5.74) is 4.54. The number of hydrogen-bond donors (Lipinski definition) is 1. The topological polar surface area (TPSA) is 75.1 Å². The minimum atomic E-state index is 0.429. The molecule has 2 saturated carbocycles. The van der Waals surface area contributed by atoms with Gasteiger partial charge in [-0.05, 0) is 50.4 Å². The molecule has 3 fully saturated rings. The van der Waals surface area contributed by atoms with Crippen LogP contribution in [0.25, 0.3) is 0 Å². The monoisotopic (exact) mass is 490 g/mol. The zero-order chi connectivity index (χ0) is 25.5. The number of fused-ring (bicyclic) bond motifs is 2. The number of ether oxygens (including phenoxy) is 2. The smallest absolute Gasteiger partial charge is 0.320 e. The maximum Gasteiger partial charge on any atom is 0.320 e. The fraction of sp³-hybridized carbons (Fsp3) is 0.815. The molecule has 4 rings (SSSR count). The molecular weight excluding hydrogens is 440 g/mol. The van der Waals surface area contributed by atoms with Crippen LogP contribution in [0.1, 0.15) is 80.1 Å². The Morgan fingerprint density at radius 1 is 1.09 bits per heavy atom. The number of hydrogen-bond acceptors (Lipinski definition) is 8. The quantitative estimate of drug-likeness (QED) is 0.413. The summed E-state index contributed by atoms with van der Waals surface area (Å²) < 4.78 is 11.4. The summed E-state index contributed by atoms with van der Waals surface area (Å²) in [7, 11) is 0. The van der Waals surface area contributed by atoms with Crippen molar-refractivity contribution in [3.05, 3.63) is 6.07 Å². The maximum atomic E-state index is 6.00. The molecule has 2 bridgehead atoms. The van der Waals surface area contributed by atoms with Gasteiger partial charge in [-0.2, -0.15) is 15.1 Å². The van der Waals surface area contributed by atoms with Crippen LogP contribution in [-0.4, -0.2) is 73.1 Å². The van der Waals surface area contributed by atoms with Crippen LogP contribution in [0, 0.1) is 11.8 Å². The van der Waals surface area contributed by atoms with Crippen LogP contribution < -0.4 is 15.1 Å². The van der Waals surface area contributed by atoms with Gasteiger partial charge in [-0.3, -0.25) is 10.3 Å². The summed E-state index contributed by atoms with van der Waals surface area (Å²) in [6, 6.07) is 2.44. The van der Waals surface area contributed by atoms with Crippen molar-refractivity contribution in [1.82, 2.24) is 14.9 Å². The number of rotatable bonds is 11. The normalized spacial score (nSPS) is 22.2. The van der Waals surface area contributed by atoms with Gasteiger partial charge >= 0.3 is 6.01 Å². The molecule has 8 heteroatoms. The minimum Gasteiger partial charge on any atom is -0.462 e. The largest absolute Gasteiger partial charge is 0.462 e. The highest BCUT2D eigenvalue weighted by Gasteiger charge is 2.36. The van der Waals surface area contributed by atoms with E-state index in [-0.39, 0.29) is 0 Å². The van der Waals surface area contributed by atoms with Crippen LogP contribution in [0.2, 0.25) is 0 Å². The summed E-state index contributed by atoms with van der Waals surface area (Å²) in [5, 5.41) is 4.74. The molecule has 0 spiro atoms. The molecule has 1 aliphatic heterocycles. The van der Waals surface area contributed by atoms with Gasteiger partial charge in [-0.1, -0.05) is 41.5 Å². The molecule has 8 nitrogen and oxygen atoms in total. The zero-order valence-corrected chi connectivity index (χ0v) is 23.2. The molecule has 2 aliphatic carbocycles. The molecule has 0 radical (unpaired) electrons. The lowest BCUT2D eigenvalue weighted by Gasteiger charge is -2.26. The van der Waals surface area contributed by atoms with Gasteiger partial charge in [-0.15, -0.1) is 0 Å². The molecule has 0 amide bonds. The van der Waals surface area contributed by atoms with Crippen molar-refractivity contribution >= 4 is 17.3 Å². The number of morpholine rings is 1. The molecule has 3 aliphatic rings. The molecule has 1 saturated heterocycles. The van der Waals surface area contributed by atoms with Crippen molar-refractivity contribution in [3.8, 4) is 6.01 Å². The Labute approximate surface area is 213 Å². The van der Waals surface area contributed by atoms with Gasteiger partial charge in [0.1, 0.15) is 12.4 Å². The highest BCUT2D eigenvalue weighted by Crippen LogP contribution is 2.42. The summed E-state index contributed by atoms with van der Waals surface area (Å²) >= 11 is 0. The second-order valence-electron chi connectivity index (χ2n) is 8.98. The Balaban J connectivity index is 0.00000103. The van der Waals surface area contributed by atoms with Crippen LogP contribution in [0.5, 0.6) is 6.01 Å². The molecule has 1 aromatic heterocycles. The predicted octanol–water partition coefficient (Wildman–Crippen LogP) is 5.45. The highest BCUT2D eigenvalue weighted by atomic mass is 16.5. The first kappa shape index (κ1) is 29.3. The summed E-state index contributed by atoms with van der Waals surface area (Å²) in [6.07, 6.45) is 7.25. The van der Waals surface area contributed by atoms with E-state index in [0.717, 1.165) is 82.8 Å². The van der Waals surface area contributed by atoms with E-state index in [4.69, 9.17) is 19.6 Å². The molecule has 2 atom stereocenters. The molecule has 0 aromatic carbocycles. The number of nitrogens with zero attached hydrogens (tertiary/aromatic N) is 5. The third-order valence-electron chi connectivity index (χ3n) is 6.57. The fourth-order valence-corrected chi connectivity index (χ4v) is 4.96. The van der Waals surface area contributed by atoms with E-state index < -0.39 is 0 Å². The average molecular weight is 491 g/mol. The SMILES string of the molecule is CC.CC.CCCN(CCC)c1cc(N/N=C2/CC3CCC2C3)nc(OCCN2CCOCC2)n1. The van der Waals surface area contributed by atoms with Crippen molar-refractivity contribution in [2.75, 3.05) is 62.9 Å². The molecule has 35 heavy (non-hydrogen) atoms. The van der Waals surface area contributed by atoms with Crippen LogP contribution in [-0.2, 0) is 4.74 Å². The van der Waals surface area contributed by atoms with Crippen molar-refractivity contribution in [3.63, 3.8) is 0 Å². The summed E-state index contributed by atoms with van der Waals surface area (Å²) in [5.74, 6) is 3.14. The second kappa shape index (κ2) is 16.7. The molecule has 2 unspecified atom stereocenters. The van der Waals surface area contributed by atoms with E-state index in [1.807, 2.05) is 33.8 Å². The van der Waals surface area contributed by atoms with Gasteiger partial charge < -0.3 is 14.4 Å². The first-order chi connectivity index (χ1) is 17.2. The van der Waals surface area contributed by atoms with Gasteiger partial charge in [0.25, 0.3) is 0 Å². The van der Waals surface area contributed by atoms with Gasteiger partial charge in [0.15, 0.2) is 5.82 Å². The Morgan fingerprint density at radius 3 is 2.40 bits per heavy atom. The Hall–Kier alpha value is -1.93. The lowest BCUT2D eigenvalue weighted by atomic mass is 9.99. The van der Waals surface area contributed by atoms with E-state index in [1.54, 1.807) is 0 Å². The summed E-state index contributed by atoms with van der Waals surface area (Å²) in [4.78, 5) is 14.0. The maximum absolute atomic E-state index is 6.00. The highest BCUT2D eigenvalue weighted by molar-refractivity contribution is 5.90. The summed E-state index contributed by atoms with van der Waals surface area (Å²) in [6.45, 7) is 19.3. The zero-order valence-electron chi connectivity index (χ0n) is 23.2. The molecule has 1 aromatic rings. The molecular formula is C27H50N6O2. The van der Waals surface area contributed by atoms with Crippen molar-refractivity contribution < 1.29 is 9.47 Å². The van der Waals surface area contributed by atoms with Gasteiger partial charge in [0.2, 0.25) is 0 Å². The van der Waals surface area contributed by atoms with E-state index in [9.17, 15) is 0 Å². The number of hydrazone groups is 1. The fourth-order valence-electron chi connectivity index (χ4n) is 4.96. The van der Waals surface area contributed by atoms with E-state index >= 15 is 0 Å². The van der Waals surface area contributed by atoms with E-state index in [0.29, 0.717) is 18.5 Å². The number of nitrogens with one attached hydrogen (secondary N) is 1. The Kier molecular flexibility index (Phi) is 14.0. The number of anilines is 2. The van der Waals surface area contributed by atoms with Crippen molar-refractivity contribution in [2.45, 2.75) is 80.1 Å². The molecule has 1 N–H and O–H groups in total. The van der Waals surface area contributed by atoms with Crippen LogP contribution in [0.15, 0.2) is 11.2 Å². The molecule has 200 valence electrons. The van der Waals surface area contributed by atoms with Crippen molar-refractivity contribution in [2.24, 2.45) is 16.9 Å². The average Bonchev–Trinajstić information content (AvgIpc) is 3.54. The lowest BCUT2D eigenvalue weighted by molar-refractivity contribution is 0.0317. The third-order valence-corrected chi connectivity index (χ3v) is 6.57. The predicted molar refractivity (Wildman–Crippen MR) is 147 cm³/mol. The standard InChI is InChI=1S/C23H38N6O2.2C2H6/c1-3-7-29(8-4-2)22-17-21(27-26-20-16-18-5-6-19(20)15-18)24-23(25-22)31-14-11-28-9-12-30-13-10-28;2*1-2/h17-19H,3-16H2,1-2H3,(H,24,25,27);2*1-2H3/b26-20-;;. The Morgan fingerprint density at radius 2 is 1.80 bits per heavy atom. The van der Waals surface area contributed by atoms with Crippen LogP contribution >= 0.6 is 0 Å².